The van der Waals surface area contributed by atoms with Crippen molar-refractivity contribution in [2.45, 2.75) is 38.5 Å². The fourth-order valence-corrected chi connectivity index (χ4v) is 2.67. The smallest absolute Gasteiger partial charge is 0.274 e. The number of aromatic amines is 2. The Hall–Kier alpha value is -2.11. The molecule has 2 N–H and O–H groups in total. The van der Waals surface area contributed by atoms with E-state index in [1.807, 2.05) is 17.0 Å². The summed E-state index contributed by atoms with van der Waals surface area (Å²) in [5.41, 5.74) is 2.55. The zero-order chi connectivity index (χ0) is 15.0. The summed E-state index contributed by atoms with van der Waals surface area (Å²) >= 11 is 0. The number of carbonyl (C=O) groups is 1. The molecule has 112 valence electrons. The molecule has 2 aromatic rings. The number of hydrogen-bond acceptors (Lipinski definition) is 3. The number of amides is 1. The Labute approximate surface area is 123 Å². The lowest BCUT2D eigenvalue weighted by atomic mass is 9.92. The molecule has 0 spiro atoms. The average Bonchev–Trinajstić information content (AvgIpc) is 3.17. The van der Waals surface area contributed by atoms with Gasteiger partial charge in [-0.05, 0) is 18.6 Å². The van der Waals surface area contributed by atoms with Gasteiger partial charge in [0.15, 0.2) is 0 Å². The van der Waals surface area contributed by atoms with Gasteiger partial charge in [-0.25, -0.2) is 0 Å². The molecule has 6 heteroatoms. The van der Waals surface area contributed by atoms with Crippen LogP contribution in [0.3, 0.4) is 0 Å². The number of nitrogens with zero attached hydrogens (tertiary/aromatic N) is 3. The number of carbonyl (C=O) groups excluding carboxylic acids is 1. The Kier molecular flexibility index (Phi) is 3.31. The predicted molar refractivity (Wildman–Crippen MR) is 79.1 cm³/mol. The predicted octanol–water partition coefficient (Wildman–Crippen LogP) is 2.06. The van der Waals surface area contributed by atoms with Crippen molar-refractivity contribution in [1.29, 1.82) is 0 Å². The van der Waals surface area contributed by atoms with E-state index in [0.29, 0.717) is 11.6 Å². The lowest BCUT2D eigenvalue weighted by Crippen LogP contribution is -2.28. The van der Waals surface area contributed by atoms with Crippen LogP contribution in [0, 0.1) is 0 Å². The fraction of sp³-hybridized carbons (Fsp3) is 0.533. The molecule has 21 heavy (non-hydrogen) atoms. The quantitative estimate of drug-likeness (QED) is 0.887. The van der Waals surface area contributed by atoms with Gasteiger partial charge in [0.25, 0.3) is 5.91 Å². The van der Waals surface area contributed by atoms with Crippen molar-refractivity contribution in [3.8, 4) is 0 Å². The Morgan fingerprint density at radius 3 is 2.81 bits per heavy atom. The summed E-state index contributed by atoms with van der Waals surface area (Å²) < 4.78 is 0. The van der Waals surface area contributed by atoms with Crippen LogP contribution in [0.4, 0.5) is 0 Å². The number of hydrogen-bond donors (Lipinski definition) is 2. The Balaban J connectivity index is 1.70. The highest BCUT2D eigenvalue weighted by Crippen LogP contribution is 2.27. The summed E-state index contributed by atoms with van der Waals surface area (Å²) in [6, 6.07) is 3.84. The van der Waals surface area contributed by atoms with Gasteiger partial charge in [-0.3, -0.25) is 15.0 Å². The minimum absolute atomic E-state index is 0.00349. The van der Waals surface area contributed by atoms with E-state index in [1.54, 1.807) is 6.20 Å². The largest absolute Gasteiger partial charge is 0.337 e. The van der Waals surface area contributed by atoms with E-state index < -0.39 is 0 Å². The Bertz CT molecular complexity index is 623. The maximum absolute atomic E-state index is 12.5. The van der Waals surface area contributed by atoms with Crippen molar-refractivity contribution in [2.75, 3.05) is 13.1 Å². The SMILES string of the molecule is CC(C)(C)c1cc(C(=O)N2CC[C@H](c3ccn[nH]3)C2)n[nH]1. The van der Waals surface area contributed by atoms with E-state index in [0.717, 1.165) is 30.9 Å². The van der Waals surface area contributed by atoms with Crippen molar-refractivity contribution in [1.82, 2.24) is 25.3 Å². The molecule has 0 radical (unpaired) electrons. The van der Waals surface area contributed by atoms with Crippen LogP contribution in [-0.2, 0) is 5.41 Å². The Morgan fingerprint density at radius 1 is 1.38 bits per heavy atom. The van der Waals surface area contributed by atoms with Gasteiger partial charge in [-0.15, -0.1) is 0 Å². The molecular weight excluding hydrogens is 266 g/mol. The molecule has 3 rings (SSSR count). The van der Waals surface area contributed by atoms with Gasteiger partial charge in [-0.2, -0.15) is 10.2 Å². The van der Waals surface area contributed by atoms with Crippen LogP contribution in [0.2, 0.25) is 0 Å². The van der Waals surface area contributed by atoms with Crippen LogP contribution in [0.15, 0.2) is 18.3 Å². The second-order valence-electron chi connectivity index (χ2n) is 6.67. The second kappa shape index (κ2) is 5.02. The van der Waals surface area contributed by atoms with Crippen LogP contribution in [-0.4, -0.2) is 44.3 Å². The van der Waals surface area contributed by atoms with Crippen LogP contribution in [0.1, 0.15) is 55.0 Å². The van der Waals surface area contributed by atoms with E-state index in [2.05, 4.69) is 41.2 Å². The molecule has 0 unspecified atom stereocenters. The highest BCUT2D eigenvalue weighted by Gasteiger charge is 2.30. The molecule has 1 atom stereocenters. The summed E-state index contributed by atoms with van der Waals surface area (Å²) in [6.45, 7) is 7.77. The third-order valence-corrected chi connectivity index (χ3v) is 4.04. The molecule has 1 saturated heterocycles. The summed E-state index contributed by atoms with van der Waals surface area (Å²) in [4.78, 5) is 14.4. The first-order valence-corrected chi connectivity index (χ1v) is 7.29. The summed E-state index contributed by atoms with van der Waals surface area (Å²) in [5, 5.41) is 14.1. The first kappa shape index (κ1) is 13.9. The normalized spacial score (nSPS) is 19.2. The minimum atomic E-state index is -0.0327. The fourth-order valence-electron chi connectivity index (χ4n) is 2.67. The monoisotopic (exact) mass is 287 g/mol. The van der Waals surface area contributed by atoms with Gasteiger partial charge in [-0.1, -0.05) is 20.8 Å². The van der Waals surface area contributed by atoms with Gasteiger partial charge in [0, 0.05) is 42.0 Å². The molecule has 1 aliphatic rings. The summed E-state index contributed by atoms with van der Waals surface area (Å²) in [7, 11) is 0. The van der Waals surface area contributed by atoms with Gasteiger partial charge in [0.1, 0.15) is 5.69 Å². The molecule has 1 amide bonds. The molecule has 0 aliphatic carbocycles. The van der Waals surface area contributed by atoms with Crippen molar-refractivity contribution in [3.63, 3.8) is 0 Å². The maximum Gasteiger partial charge on any atom is 0.274 e. The molecule has 3 heterocycles. The standard InChI is InChI=1S/C15H21N5O/c1-15(2,3)13-8-12(18-19-13)14(21)20-7-5-10(9-20)11-4-6-16-17-11/h4,6,8,10H,5,7,9H2,1-3H3,(H,16,17)(H,18,19)/t10-/m0/s1. The zero-order valence-electron chi connectivity index (χ0n) is 12.7. The molecule has 6 nitrogen and oxygen atoms in total. The summed E-state index contributed by atoms with van der Waals surface area (Å²) in [5.74, 6) is 0.348. The highest BCUT2D eigenvalue weighted by molar-refractivity contribution is 5.92. The first-order valence-electron chi connectivity index (χ1n) is 7.29. The average molecular weight is 287 g/mol. The van der Waals surface area contributed by atoms with Crippen LogP contribution in [0.25, 0.3) is 0 Å². The van der Waals surface area contributed by atoms with Crippen LogP contribution < -0.4 is 0 Å². The zero-order valence-corrected chi connectivity index (χ0v) is 12.7. The van der Waals surface area contributed by atoms with E-state index in [-0.39, 0.29) is 11.3 Å². The number of H-pyrrole nitrogens is 2. The van der Waals surface area contributed by atoms with Crippen LogP contribution >= 0.6 is 0 Å². The highest BCUT2D eigenvalue weighted by atomic mass is 16.2. The lowest BCUT2D eigenvalue weighted by Gasteiger charge is -2.15. The molecule has 2 aromatic heterocycles. The van der Waals surface area contributed by atoms with Crippen molar-refractivity contribution < 1.29 is 4.79 Å². The second-order valence-corrected chi connectivity index (χ2v) is 6.67. The first-order chi connectivity index (χ1) is 9.95. The number of aromatic nitrogens is 4. The molecule has 0 saturated carbocycles. The topological polar surface area (TPSA) is 77.7 Å². The van der Waals surface area contributed by atoms with E-state index in [9.17, 15) is 4.79 Å². The van der Waals surface area contributed by atoms with E-state index in [4.69, 9.17) is 0 Å². The molecule has 1 aliphatic heterocycles. The van der Waals surface area contributed by atoms with Crippen molar-refractivity contribution in [2.24, 2.45) is 0 Å². The van der Waals surface area contributed by atoms with Gasteiger partial charge >= 0.3 is 0 Å². The van der Waals surface area contributed by atoms with E-state index >= 15 is 0 Å². The third-order valence-electron chi connectivity index (χ3n) is 4.04. The van der Waals surface area contributed by atoms with Gasteiger partial charge < -0.3 is 4.90 Å². The van der Waals surface area contributed by atoms with Crippen LogP contribution in [0.5, 0.6) is 0 Å². The Morgan fingerprint density at radius 2 is 2.19 bits per heavy atom. The van der Waals surface area contributed by atoms with Crippen molar-refractivity contribution >= 4 is 5.91 Å². The van der Waals surface area contributed by atoms with Gasteiger partial charge in [0.05, 0.1) is 0 Å². The minimum Gasteiger partial charge on any atom is -0.337 e. The number of nitrogens with one attached hydrogen (secondary N) is 2. The molecule has 0 aromatic carbocycles. The maximum atomic E-state index is 12.5. The number of likely N-dealkylation sites (tertiary alicyclic amines) is 1. The van der Waals surface area contributed by atoms with E-state index in [1.165, 1.54) is 0 Å². The molecule has 1 fully saturated rings. The van der Waals surface area contributed by atoms with Gasteiger partial charge in [0.2, 0.25) is 0 Å². The molecular formula is C15H21N5O. The summed E-state index contributed by atoms with van der Waals surface area (Å²) in [6.07, 6.45) is 2.72. The van der Waals surface area contributed by atoms with Crippen molar-refractivity contribution in [3.05, 3.63) is 35.4 Å². The molecule has 0 bridgehead atoms. The third kappa shape index (κ3) is 2.70. The number of rotatable bonds is 2. The lowest BCUT2D eigenvalue weighted by molar-refractivity contribution is 0.0785.